The lowest BCUT2D eigenvalue weighted by atomic mass is 10.3. The van der Waals surface area contributed by atoms with Gasteiger partial charge in [-0.15, -0.1) is 4.80 Å². The topological polar surface area (TPSA) is 43.6 Å². The van der Waals surface area contributed by atoms with Crippen molar-refractivity contribution in [3.05, 3.63) is 34.8 Å². The Hall–Kier alpha value is -1.23. The van der Waals surface area contributed by atoms with Crippen LogP contribution in [0, 0.1) is 6.92 Å². The molecule has 0 N–H and O–H groups in total. The molecule has 66 valence electrons. The minimum atomic E-state index is 0.745. The van der Waals surface area contributed by atoms with Crippen LogP contribution in [0.5, 0.6) is 0 Å². The average molecular weight is 239 g/mol. The second kappa shape index (κ2) is 3.26. The van der Waals surface area contributed by atoms with Crippen LogP contribution in [0.1, 0.15) is 5.56 Å². The van der Waals surface area contributed by atoms with Crippen LogP contribution >= 0.6 is 15.9 Å². The number of aryl methyl sites for hydroxylation is 1. The predicted molar refractivity (Wildman–Crippen MR) is 51.6 cm³/mol. The quantitative estimate of drug-likeness (QED) is 0.712. The van der Waals surface area contributed by atoms with Gasteiger partial charge < -0.3 is 0 Å². The lowest BCUT2D eigenvalue weighted by Crippen LogP contribution is -2.01. The molecule has 2 rings (SSSR count). The Morgan fingerprint density at radius 3 is 2.69 bits per heavy atom. The van der Waals surface area contributed by atoms with Gasteiger partial charge in [0.15, 0.2) is 0 Å². The molecule has 0 saturated carbocycles. The molecular formula is C8H7BrN4. The van der Waals surface area contributed by atoms with Crippen LogP contribution in [0.25, 0.3) is 5.69 Å². The van der Waals surface area contributed by atoms with E-state index < -0.39 is 0 Å². The standard InChI is InChI=1S/C8H7BrN4/c1-6-4-7(8(9)10-5-6)13-11-2-3-12-13/h2-5H,1H3. The third-order valence-electron chi connectivity index (χ3n) is 1.59. The number of nitrogens with zero attached hydrogens (tertiary/aromatic N) is 4. The summed E-state index contributed by atoms with van der Waals surface area (Å²) in [7, 11) is 0. The van der Waals surface area contributed by atoms with Crippen LogP contribution in [0.4, 0.5) is 0 Å². The third kappa shape index (κ3) is 1.60. The summed E-state index contributed by atoms with van der Waals surface area (Å²) in [6, 6.07) is 1.97. The van der Waals surface area contributed by atoms with Crippen LogP contribution in [-0.2, 0) is 0 Å². The van der Waals surface area contributed by atoms with Crippen LogP contribution in [0.15, 0.2) is 29.3 Å². The Bertz CT molecular complexity index is 410. The molecule has 0 fully saturated rings. The van der Waals surface area contributed by atoms with Gasteiger partial charge in [0, 0.05) is 6.20 Å². The minimum absolute atomic E-state index is 0.745. The van der Waals surface area contributed by atoms with Crippen molar-refractivity contribution in [3.8, 4) is 5.69 Å². The van der Waals surface area contributed by atoms with Crippen molar-refractivity contribution < 1.29 is 0 Å². The zero-order valence-corrected chi connectivity index (χ0v) is 8.56. The first-order chi connectivity index (χ1) is 6.27. The van der Waals surface area contributed by atoms with E-state index in [1.165, 1.54) is 4.80 Å². The van der Waals surface area contributed by atoms with E-state index in [9.17, 15) is 0 Å². The van der Waals surface area contributed by atoms with Crippen molar-refractivity contribution >= 4 is 15.9 Å². The van der Waals surface area contributed by atoms with Crippen LogP contribution in [0.2, 0.25) is 0 Å². The fraction of sp³-hybridized carbons (Fsp3) is 0.125. The molecule has 0 aromatic carbocycles. The molecule has 2 aromatic rings. The zero-order valence-electron chi connectivity index (χ0n) is 6.98. The van der Waals surface area contributed by atoms with Crippen LogP contribution in [0.3, 0.4) is 0 Å². The smallest absolute Gasteiger partial charge is 0.133 e. The van der Waals surface area contributed by atoms with Crippen molar-refractivity contribution in [2.45, 2.75) is 6.92 Å². The van der Waals surface area contributed by atoms with Gasteiger partial charge in [0.25, 0.3) is 0 Å². The molecule has 4 nitrogen and oxygen atoms in total. The second-order valence-corrected chi connectivity index (χ2v) is 3.39. The minimum Gasteiger partial charge on any atom is -0.247 e. The summed E-state index contributed by atoms with van der Waals surface area (Å²) in [5.41, 5.74) is 1.93. The Morgan fingerprint density at radius 1 is 1.31 bits per heavy atom. The number of halogens is 1. The molecule has 0 unspecified atom stereocenters. The molecule has 5 heteroatoms. The molecule has 2 aromatic heterocycles. The van der Waals surface area contributed by atoms with Gasteiger partial charge in [0.1, 0.15) is 10.3 Å². The van der Waals surface area contributed by atoms with Gasteiger partial charge in [0.05, 0.1) is 12.4 Å². The van der Waals surface area contributed by atoms with E-state index in [4.69, 9.17) is 0 Å². The molecule has 13 heavy (non-hydrogen) atoms. The molecular weight excluding hydrogens is 232 g/mol. The first-order valence-corrected chi connectivity index (χ1v) is 4.55. The highest BCUT2D eigenvalue weighted by atomic mass is 79.9. The maximum Gasteiger partial charge on any atom is 0.133 e. The van der Waals surface area contributed by atoms with Gasteiger partial charge in [-0.2, -0.15) is 10.2 Å². The first kappa shape index (κ1) is 8.37. The maximum atomic E-state index is 4.15. The number of rotatable bonds is 1. The molecule has 0 amide bonds. The largest absolute Gasteiger partial charge is 0.247 e. The van der Waals surface area contributed by atoms with E-state index in [1.54, 1.807) is 18.6 Å². The fourth-order valence-electron chi connectivity index (χ4n) is 1.02. The summed E-state index contributed by atoms with van der Waals surface area (Å²) in [5, 5.41) is 8.05. The molecule has 0 saturated heterocycles. The van der Waals surface area contributed by atoms with E-state index in [0.29, 0.717) is 0 Å². The van der Waals surface area contributed by atoms with E-state index in [0.717, 1.165) is 15.9 Å². The average Bonchev–Trinajstić information content (AvgIpc) is 2.61. The lowest BCUT2D eigenvalue weighted by molar-refractivity contribution is 0.743. The van der Waals surface area contributed by atoms with Gasteiger partial charge in [-0.1, -0.05) is 0 Å². The fourth-order valence-corrected chi connectivity index (χ4v) is 1.39. The van der Waals surface area contributed by atoms with Gasteiger partial charge >= 0.3 is 0 Å². The molecule has 0 aliphatic heterocycles. The molecule has 0 radical (unpaired) electrons. The Labute approximate surface area is 83.7 Å². The number of aromatic nitrogens is 4. The number of hydrogen-bond acceptors (Lipinski definition) is 3. The highest BCUT2D eigenvalue weighted by Gasteiger charge is 2.04. The summed E-state index contributed by atoms with van der Waals surface area (Å²) in [6.07, 6.45) is 5.06. The van der Waals surface area contributed by atoms with Gasteiger partial charge in [-0.3, -0.25) is 0 Å². The molecule has 0 aliphatic rings. The lowest BCUT2D eigenvalue weighted by Gasteiger charge is -2.02. The Morgan fingerprint density at radius 2 is 2.00 bits per heavy atom. The maximum absolute atomic E-state index is 4.15. The monoisotopic (exact) mass is 238 g/mol. The van der Waals surface area contributed by atoms with Crippen molar-refractivity contribution in [3.63, 3.8) is 0 Å². The van der Waals surface area contributed by atoms with Gasteiger partial charge in [-0.25, -0.2) is 4.98 Å². The van der Waals surface area contributed by atoms with Crippen molar-refractivity contribution in [2.24, 2.45) is 0 Å². The van der Waals surface area contributed by atoms with Crippen molar-refractivity contribution in [1.29, 1.82) is 0 Å². The highest BCUT2D eigenvalue weighted by molar-refractivity contribution is 9.10. The summed E-state index contributed by atoms with van der Waals surface area (Å²) in [6.45, 7) is 1.98. The third-order valence-corrected chi connectivity index (χ3v) is 2.20. The number of pyridine rings is 1. The molecule has 2 heterocycles. The molecule has 0 aliphatic carbocycles. The highest BCUT2D eigenvalue weighted by Crippen LogP contribution is 2.17. The van der Waals surface area contributed by atoms with E-state index in [-0.39, 0.29) is 0 Å². The molecule has 0 atom stereocenters. The summed E-state index contributed by atoms with van der Waals surface area (Å²) in [5.74, 6) is 0. The molecule has 0 spiro atoms. The van der Waals surface area contributed by atoms with Crippen molar-refractivity contribution in [1.82, 2.24) is 20.0 Å². The summed E-state index contributed by atoms with van der Waals surface area (Å²) in [4.78, 5) is 5.68. The predicted octanol–water partition coefficient (Wildman–Crippen LogP) is 1.73. The normalized spacial score (nSPS) is 10.3. The number of hydrogen-bond donors (Lipinski definition) is 0. The Balaban J connectivity index is 2.57. The SMILES string of the molecule is Cc1cnc(Br)c(-n2nccn2)c1. The van der Waals surface area contributed by atoms with E-state index in [1.807, 2.05) is 13.0 Å². The van der Waals surface area contributed by atoms with Gasteiger partial charge in [0.2, 0.25) is 0 Å². The van der Waals surface area contributed by atoms with E-state index in [2.05, 4.69) is 31.1 Å². The first-order valence-electron chi connectivity index (χ1n) is 3.76. The van der Waals surface area contributed by atoms with E-state index >= 15 is 0 Å². The summed E-state index contributed by atoms with van der Waals surface area (Å²) < 4.78 is 0.745. The zero-order chi connectivity index (χ0) is 9.26. The van der Waals surface area contributed by atoms with Gasteiger partial charge in [-0.05, 0) is 34.5 Å². The summed E-state index contributed by atoms with van der Waals surface area (Å²) >= 11 is 3.34. The Kier molecular flexibility index (Phi) is 2.10. The van der Waals surface area contributed by atoms with Crippen LogP contribution < -0.4 is 0 Å². The molecule has 0 bridgehead atoms. The second-order valence-electron chi connectivity index (χ2n) is 2.64. The van der Waals surface area contributed by atoms with Crippen molar-refractivity contribution in [2.75, 3.05) is 0 Å². The van der Waals surface area contributed by atoms with Crippen LogP contribution in [-0.4, -0.2) is 20.0 Å².